The monoisotopic (exact) mass is 288 g/mol. The van der Waals surface area contributed by atoms with Gasteiger partial charge in [-0.2, -0.15) is 0 Å². The number of nitrogens with zero attached hydrogens (tertiary/aromatic N) is 1. The highest BCUT2D eigenvalue weighted by Gasteiger charge is 2.22. The first-order valence-electron chi connectivity index (χ1n) is 8.21. The maximum absolute atomic E-state index is 12.8. The topological polar surface area (TPSA) is 32.3 Å². The van der Waals surface area contributed by atoms with Crippen molar-refractivity contribution >= 4 is 5.91 Å². The Balaban J connectivity index is 2.11. The Morgan fingerprint density at radius 1 is 1.29 bits per heavy atom. The van der Waals surface area contributed by atoms with Crippen molar-refractivity contribution in [3.63, 3.8) is 0 Å². The molecule has 1 saturated heterocycles. The lowest BCUT2D eigenvalue weighted by Crippen LogP contribution is -2.41. The fourth-order valence-corrected chi connectivity index (χ4v) is 3.08. The molecule has 1 atom stereocenters. The third-order valence-electron chi connectivity index (χ3n) is 4.14. The summed E-state index contributed by atoms with van der Waals surface area (Å²) in [7, 11) is 0. The molecule has 0 spiro atoms. The summed E-state index contributed by atoms with van der Waals surface area (Å²) in [5, 5.41) is 3.50. The average Bonchev–Trinajstić information content (AvgIpc) is 2.94. The Labute approximate surface area is 128 Å². The van der Waals surface area contributed by atoms with Crippen LogP contribution in [0.5, 0.6) is 0 Å². The van der Waals surface area contributed by atoms with Gasteiger partial charge < -0.3 is 10.2 Å². The number of unbranched alkanes of at least 4 members (excludes halogenated alkanes) is 1. The Hall–Kier alpha value is -1.35. The molecule has 0 aliphatic carbocycles. The van der Waals surface area contributed by atoms with Crippen LogP contribution in [0.15, 0.2) is 18.2 Å². The molecule has 116 valence electrons. The first-order valence-corrected chi connectivity index (χ1v) is 8.21. The van der Waals surface area contributed by atoms with Crippen LogP contribution in [0, 0.1) is 13.8 Å². The van der Waals surface area contributed by atoms with Crippen LogP contribution in [0.1, 0.15) is 54.1 Å². The maximum Gasteiger partial charge on any atom is 0.253 e. The van der Waals surface area contributed by atoms with E-state index >= 15 is 0 Å². The summed E-state index contributed by atoms with van der Waals surface area (Å²) in [5.41, 5.74) is 3.15. The number of hydrogen-bond acceptors (Lipinski definition) is 2. The van der Waals surface area contributed by atoms with Crippen LogP contribution in [0.3, 0.4) is 0 Å². The molecule has 1 unspecified atom stereocenters. The van der Waals surface area contributed by atoms with Crippen molar-refractivity contribution in [1.82, 2.24) is 10.2 Å². The third-order valence-corrected chi connectivity index (χ3v) is 4.14. The summed E-state index contributed by atoms with van der Waals surface area (Å²) in [6.07, 6.45) is 4.60. The first kappa shape index (κ1) is 16.0. The normalized spacial score (nSPS) is 18.0. The van der Waals surface area contributed by atoms with E-state index in [1.54, 1.807) is 0 Å². The number of benzene rings is 1. The Morgan fingerprint density at radius 2 is 2.00 bits per heavy atom. The lowest BCUT2D eigenvalue weighted by atomic mass is 10.1. The molecule has 0 radical (unpaired) electrons. The molecule has 21 heavy (non-hydrogen) atoms. The lowest BCUT2D eigenvalue weighted by molar-refractivity contribution is 0.0739. The number of aryl methyl sites for hydroxylation is 2. The van der Waals surface area contributed by atoms with Crippen LogP contribution in [0.4, 0.5) is 0 Å². The zero-order valence-corrected chi connectivity index (χ0v) is 13.6. The van der Waals surface area contributed by atoms with Crippen molar-refractivity contribution < 1.29 is 4.79 Å². The Bertz CT molecular complexity index is 458. The number of hydrogen-bond donors (Lipinski definition) is 1. The van der Waals surface area contributed by atoms with Gasteiger partial charge in [0.15, 0.2) is 0 Å². The second-order valence-electron chi connectivity index (χ2n) is 6.27. The standard InChI is InChI=1S/C18H28N2O/c1-4-5-9-20(13-17-7-6-8-19-17)18(21)16-11-14(2)10-15(3)12-16/h10-12,17,19H,4-9,13H2,1-3H3. The number of carbonyl (C=O) groups is 1. The predicted molar refractivity (Wildman–Crippen MR) is 87.8 cm³/mol. The fraction of sp³-hybridized carbons (Fsp3) is 0.611. The predicted octanol–water partition coefficient (Wildman–Crippen LogP) is 3.30. The van der Waals surface area contributed by atoms with Crippen molar-refractivity contribution in [3.05, 3.63) is 34.9 Å². The minimum Gasteiger partial charge on any atom is -0.337 e. The van der Waals surface area contributed by atoms with E-state index in [9.17, 15) is 4.79 Å². The van der Waals surface area contributed by atoms with Gasteiger partial charge in [0.1, 0.15) is 0 Å². The molecule has 3 heteroatoms. The quantitative estimate of drug-likeness (QED) is 0.871. The highest BCUT2D eigenvalue weighted by atomic mass is 16.2. The molecule has 3 nitrogen and oxygen atoms in total. The van der Waals surface area contributed by atoms with Gasteiger partial charge in [-0.25, -0.2) is 0 Å². The van der Waals surface area contributed by atoms with Gasteiger partial charge >= 0.3 is 0 Å². The number of amides is 1. The van der Waals surface area contributed by atoms with Gasteiger partial charge in [0.05, 0.1) is 0 Å². The molecule has 0 aromatic heterocycles. The number of nitrogens with one attached hydrogen (secondary N) is 1. The largest absolute Gasteiger partial charge is 0.337 e. The smallest absolute Gasteiger partial charge is 0.253 e. The van der Waals surface area contributed by atoms with Gasteiger partial charge in [0.25, 0.3) is 5.91 Å². The molecule has 1 amide bonds. The van der Waals surface area contributed by atoms with E-state index in [0.29, 0.717) is 6.04 Å². The maximum atomic E-state index is 12.8. The second kappa shape index (κ2) is 7.60. The average molecular weight is 288 g/mol. The van der Waals surface area contributed by atoms with Gasteiger partial charge in [-0.1, -0.05) is 30.5 Å². The molecular weight excluding hydrogens is 260 g/mol. The molecule has 1 aliphatic rings. The van der Waals surface area contributed by atoms with Crippen LogP contribution in [0.2, 0.25) is 0 Å². The van der Waals surface area contributed by atoms with Crippen LogP contribution >= 0.6 is 0 Å². The molecule has 0 saturated carbocycles. The fourth-order valence-electron chi connectivity index (χ4n) is 3.08. The lowest BCUT2D eigenvalue weighted by Gasteiger charge is -2.26. The van der Waals surface area contributed by atoms with Gasteiger partial charge in [0.2, 0.25) is 0 Å². The van der Waals surface area contributed by atoms with Crippen molar-refractivity contribution in [2.24, 2.45) is 0 Å². The van der Waals surface area contributed by atoms with E-state index < -0.39 is 0 Å². The van der Waals surface area contributed by atoms with Crippen LogP contribution in [-0.4, -0.2) is 36.5 Å². The van der Waals surface area contributed by atoms with Gasteiger partial charge in [-0.05, 0) is 51.8 Å². The van der Waals surface area contributed by atoms with Crippen molar-refractivity contribution in [3.8, 4) is 0 Å². The van der Waals surface area contributed by atoms with Crippen LogP contribution in [0.25, 0.3) is 0 Å². The summed E-state index contributed by atoms with van der Waals surface area (Å²) in [6.45, 7) is 9.07. The van der Waals surface area contributed by atoms with Gasteiger partial charge in [-0.15, -0.1) is 0 Å². The molecular formula is C18H28N2O. The molecule has 1 aromatic rings. The van der Waals surface area contributed by atoms with Gasteiger partial charge in [-0.3, -0.25) is 4.79 Å². The third kappa shape index (κ3) is 4.57. The molecule has 1 heterocycles. The highest BCUT2D eigenvalue weighted by Crippen LogP contribution is 2.14. The zero-order valence-electron chi connectivity index (χ0n) is 13.6. The molecule has 0 bridgehead atoms. The molecule has 1 aliphatic heterocycles. The summed E-state index contributed by atoms with van der Waals surface area (Å²) < 4.78 is 0. The van der Waals surface area contributed by atoms with E-state index in [-0.39, 0.29) is 5.91 Å². The highest BCUT2D eigenvalue weighted by molar-refractivity contribution is 5.94. The number of carbonyl (C=O) groups excluding carboxylic acids is 1. The molecule has 1 fully saturated rings. The van der Waals surface area contributed by atoms with Crippen LogP contribution in [-0.2, 0) is 0 Å². The van der Waals surface area contributed by atoms with Crippen molar-refractivity contribution in [2.45, 2.75) is 52.5 Å². The summed E-state index contributed by atoms with van der Waals surface area (Å²) in [4.78, 5) is 14.9. The van der Waals surface area contributed by atoms with Crippen molar-refractivity contribution in [1.29, 1.82) is 0 Å². The Morgan fingerprint density at radius 3 is 2.57 bits per heavy atom. The van der Waals surface area contributed by atoms with E-state index in [0.717, 1.165) is 49.2 Å². The molecule has 1 N–H and O–H groups in total. The molecule has 1 aromatic carbocycles. The van der Waals surface area contributed by atoms with E-state index in [2.05, 4.69) is 32.2 Å². The Kier molecular flexibility index (Phi) is 5.80. The van der Waals surface area contributed by atoms with Gasteiger partial charge in [0, 0.05) is 24.7 Å². The SMILES string of the molecule is CCCCN(CC1CCCN1)C(=O)c1cc(C)cc(C)c1. The summed E-state index contributed by atoms with van der Waals surface area (Å²) in [6, 6.07) is 6.61. The van der Waals surface area contributed by atoms with Crippen LogP contribution < -0.4 is 5.32 Å². The van der Waals surface area contributed by atoms with E-state index in [4.69, 9.17) is 0 Å². The van der Waals surface area contributed by atoms with E-state index in [1.165, 1.54) is 12.8 Å². The molecule has 2 rings (SSSR count). The summed E-state index contributed by atoms with van der Waals surface area (Å²) in [5.74, 6) is 0.184. The first-order chi connectivity index (χ1) is 10.1. The minimum absolute atomic E-state index is 0.184. The van der Waals surface area contributed by atoms with Crippen molar-refractivity contribution in [2.75, 3.05) is 19.6 Å². The van der Waals surface area contributed by atoms with E-state index in [1.807, 2.05) is 17.0 Å². The second-order valence-corrected chi connectivity index (χ2v) is 6.27. The number of rotatable bonds is 6. The minimum atomic E-state index is 0.184. The summed E-state index contributed by atoms with van der Waals surface area (Å²) >= 11 is 0. The zero-order chi connectivity index (χ0) is 15.2.